The zero-order valence-electron chi connectivity index (χ0n) is 11.9. The van der Waals surface area contributed by atoms with E-state index < -0.39 is 0 Å². The fraction of sp³-hybridized carbons (Fsp3) is 0.294. The standard InChI is InChI=1S/C17H21BrN2/c1-12(2)14-5-7-15(8-6-14)17(20-19)11-13-3-9-16(18)10-4-13/h3-10,12,17,20H,11,19H2,1-2H3. The SMILES string of the molecule is CC(C)c1ccc(C(Cc2ccc(Br)cc2)NN)cc1. The Morgan fingerprint density at radius 3 is 2.00 bits per heavy atom. The maximum absolute atomic E-state index is 5.72. The predicted molar refractivity (Wildman–Crippen MR) is 88.4 cm³/mol. The fourth-order valence-electron chi connectivity index (χ4n) is 2.24. The molecule has 0 radical (unpaired) electrons. The van der Waals surface area contributed by atoms with Crippen molar-refractivity contribution < 1.29 is 0 Å². The largest absolute Gasteiger partial charge is 0.271 e. The van der Waals surface area contributed by atoms with E-state index in [0.717, 1.165) is 10.9 Å². The molecule has 0 aliphatic carbocycles. The summed E-state index contributed by atoms with van der Waals surface area (Å²) in [5.74, 6) is 6.28. The molecular formula is C17H21BrN2. The van der Waals surface area contributed by atoms with Crippen LogP contribution < -0.4 is 11.3 Å². The van der Waals surface area contributed by atoms with Crippen LogP contribution in [0, 0.1) is 0 Å². The highest BCUT2D eigenvalue weighted by atomic mass is 79.9. The summed E-state index contributed by atoms with van der Waals surface area (Å²) in [7, 11) is 0. The van der Waals surface area contributed by atoms with Crippen LogP contribution in [0.25, 0.3) is 0 Å². The van der Waals surface area contributed by atoms with Crippen LogP contribution in [0.5, 0.6) is 0 Å². The first kappa shape index (κ1) is 15.2. The van der Waals surface area contributed by atoms with Gasteiger partial charge in [0, 0.05) is 10.5 Å². The lowest BCUT2D eigenvalue weighted by Gasteiger charge is -2.17. The van der Waals surface area contributed by atoms with E-state index in [0.29, 0.717) is 5.92 Å². The van der Waals surface area contributed by atoms with Gasteiger partial charge in [0.05, 0.1) is 0 Å². The van der Waals surface area contributed by atoms with Crippen LogP contribution in [0.2, 0.25) is 0 Å². The van der Waals surface area contributed by atoms with Crippen LogP contribution >= 0.6 is 15.9 Å². The number of nitrogens with two attached hydrogens (primary N) is 1. The molecule has 0 aliphatic rings. The molecule has 2 nitrogen and oxygen atoms in total. The van der Waals surface area contributed by atoms with Gasteiger partial charge in [0.1, 0.15) is 0 Å². The lowest BCUT2D eigenvalue weighted by Crippen LogP contribution is -2.29. The van der Waals surface area contributed by atoms with E-state index in [9.17, 15) is 0 Å². The van der Waals surface area contributed by atoms with Crippen LogP contribution in [0.4, 0.5) is 0 Å². The number of hydrogen-bond donors (Lipinski definition) is 2. The molecule has 1 unspecified atom stereocenters. The van der Waals surface area contributed by atoms with Crippen LogP contribution in [0.3, 0.4) is 0 Å². The van der Waals surface area contributed by atoms with E-state index in [1.54, 1.807) is 0 Å². The van der Waals surface area contributed by atoms with E-state index in [4.69, 9.17) is 5.84 Å². The topological polar surface area (TPSA) is 38.0 Å². The van der Waals surface area contributed by atoms with Gasteiger partial charge >= 0.3 is 0 Å². The first-order valence-corrected chi connectivity index (χ1v) is 7.70. The van der Waals surface area contributed by atoms with Crippen molar-refractivity contribution in [3.8, 4) is 0 Å². The minimum Gasteiger partial charge on any atom is -0.271 e. The average Bonchev–Trinajstić information content (AvgIpc) is 2.47. The van der Waals surface area contributed by atoms with Crippen LogP contribution in [-0.2, 0) is 6.42 Å². The molecule has 2 aromatic carbocycles. The summed E-state index contributed by atoms with van der Waals surface area (Å²) in [5, 5.41) is 0. The Labute approximate surface area is 129 Å². The van der Waals surface area contributed by atoms with Gasteiger partial charge < -0.3 is 0 Å². The van der Waals surface area contributed by atoms with Crippen LogP contribution in [-0.4, -0.2) is 0 Å². The molecule has 0 saturated heterocycles. The highest BCUT2D eigenvalue weighted by molar-refractivity contribution is 9.10. The molecule has 0 aliphatic heterocycles. The minimum atomic E-state index is 0.136. The van der Waals surface area contributed by atoms with Gasteiger partial charge in [-0.2, -0.15) is 0 Å². The summed E-state index contributed by atoms with van der Waals surface area (Å²) in [5.41, 5.74) is 6.76. The molecule has 0 saturated carbocycles. The molecule has 20 heavy (non-hydrogen) atoms. The maximum Gasteiger partial charge on any atom is 0.0500 e. The highest BCUT2D eigenvalue weighted by Crippen LogP contribution is 2.22. The lowest BCUT2D eigenvalue weighted by molar-refractivity contribution is 0.551. The van der Waals surface area contributed by atoms with Crippen LogP contribution in [0.1, 0.15) is 42.5 Å². The first-order chi connectivity index (χ1) is 9.60. The van der Waals surface area contributed by atoms with Crippen LogP contribution in [0.15, 0.2) is 53.0 Å². The number of rotatable bonds is 5. The van der Waals surface area contributed by atoms with E-state index >= 15 is 0 Å². The number of nitrogens with one attached hydrogen (secondary N) is 1. The predicted octanol–water partition coefficient (Wildman–Crippen LogP) is 4.32. The smallest absolute Gasteiger partial charge is 0.0500 e. The number of benzene rings is 2. The summed E-state index contributed by atoms with van der Waals surface area (Å²) >= 11 is 3.45. The Hall–Kier alpha value is -1.16. The van der Waals surface area contributed by atoms with Gasteiger partial charge in [0.15, 0.2) is 0 Å². The molecule has 0 aromatic heterocycles. The minimum absolute atomic E-state index is 0.136. The van der Waals surface area contributed by atoms with Crippen molar-refractivity contribution >= 4 is 15.9 Å². The molecule has 2 aromatic rings. The van der Waals surface area contributed by atoms with Gasteiger partial charge in [-0.25, -0.2) is 0 Å². The van der Waals surface area contributed by atoms with Crippen molar-refractivity contribution in [1.29, 1.82) is 0 Å². The summed E-state index contributed by atoms with van der Waals surface area (Å²) in [4.78, 5) is 0. The van der Waals surface area contributed by atoms with Crippen molar-refractivity contribution in [2.45, 2.75) is 32.2 Å². The second kappa shape index (κ2) is 7.02. The monoisotopic (exact) mass is 332 g/mol. The van der Waals surface area contributed by atoms with Gasteiger partial charge in [-0.05, 0) is 41.2 Å². The Bertz CT molecular complexity index is 532. The van der Waals surface area contributed by atoms with Gasteiger partial charge in [0.25, 0.3) is 0 Å². The van der Waals surface area contributed by atoms with Crippen molar-refractivity contribution in [2.75, 3.05) is 0 Å². The normalized spacial score (nSPS) is 12.7. The van der Waals surface area contributed by atoms with Gasteiger partial charge in [-0.1, -0.05) is 66.2 Å². The molecule has 3 heteroatoms. The van der Waals surface area contributed by atoms with Crippen molar-refractivity contribution in [2.24, 2.45) is 5.84 Å². The highest BCUT2D eigenvalue weighted by Gasteiger charge is 2.11. The summed E-state index contributed by atoms with van der Waals surface area (Å²) < 4.78 is 1.10. The van der Waals surface area contributed by atoms with Crippen molar-refractivity contribution in [1.82, 2.24) is 5.43 Å². The van der Waals surface area contributed by atoms with E-state index in [1.165, 1.54) is 16.7 Å². The molecule has 0 bridgehead atoms. The summed E-state index contributed by atoms with van der Waals surface area (Å²) in [6, 6.07) is 17.2. The molecule has 0 spiro atoms. The average molecular weight is 333 g/mol. The molecule has 0 fully saturated rings. The molecule has 2 rings (SSSR count). The number of hydrazine groups is 1. The van der Waals surface area contributed by atoms with E-state index in [2.05, 4.69) is 83.7 Å². The molecule has 3 N–H and O–H groups in total. The fourth-order valence-corrected chi connectivity index (χ4v) is 2.51. The molecular weight excluding hydrogens is 312 g/mol. The molecule has 0 amide bonds. The molecule has 106 valence electrons. The second-order valence-electron chi connectivity index (χ2n) is 5.37. The second-order valence-corrected chi connectivity index (χ2v) is 6.29. The molecule has 0 heterocycles. The Balaban J connectivity index is 2.13. The third-order valence-electron chi connectivity index (χ3n) is 3.56. The lowest BCUT2D eigenvalue weighted by atomic mass is 9.96. The summed E-state index contributed by atoms with van der Waals surface area (Å²) in [6.45, 7) is 4.41. The Kier molecular flexibility index (Phi) is 5.35. The third-order valence-corrected chi connectivity index (χ3v) is 4.09. The molecule has 1 atom stereocenters. The number of hydrogen-bond acceptors (Lipinski definition) is 2. The summed E-state index contributed by atoms with van der Waals surface area (Å²) in [6.07, 6.45) is 0.880. The quantitative estimate of drug-likeness (QED) is 0.632. The van der Waals surface area contributed by atoms with Gasteiger partial charge in [-0.3, -0.25) is 11.3 Å². The van der Waals surface area contributed by atoms with Gasteiger partial charge in [-0.15, -0.1) is 0 Å². The Morgan fingerprint density at radius 1 is 0.950 bits per heavy atom. The first-order valence-electron chi connectivity index (χ1n) is 6.90. The van der Waals surface area contributed by atoms with Crippen molar-refractivity contribution in [3.63, 3.8) is 0 Å². The number of halogens is 1. The zero-order valence-corrected chi connectivity index (χ0v) is 13.5. The Morgan fingerprint density at radius 2 is 1.50 bits per heavy atom. The van der Waals surface area contributed by atoms with E-state index in [1.807, 2.05) is 0 Å². The van der Waals surface area contributed by atoms with Crippen molar-refractivity contribution in [3.05, 3.63) is 69.7 Å². The zero-order chi connectivity index (χ0) is 14.5. The maximum atomic E-state index is 5.72. The third kappa shape index (κ3) is 3.92. The van der Waals surface area contributed by atoms with E-state index in [-0.39, 0.29) is 6.04 Å². The van der Waals surface area contributed by atoms with Gasteiger partial charge in [0.2, 0.25) is 0 Å².